The first kappa shape index (κ1) is 19.5. The van der Waals surface area contributed by atoms with Gasteiger partial charge in [0.2, 0.25) is 11.7 Å². The lowest BCUT2D eigenvalue weighted by molar-refractivity contribution is -0.274. The number of nitrogens with zero attached hydrogens (tertiary/aromatic N) is 2. The Morgan fingerprint density at radius 2 is 1.71 bits per heavy atom. The molecule has 13 heteroatoms. The topological polar surface area (TPSA) is 72.1 Å². The quantitative estimate of drug-likeness (QED) is 0.607. The van der Waals surface area contributed by atoms with Crippen LogP contribution in [0, 0.1) is 5.82 Å². The summed E-state index contributed by atoms with van der Waals surface area (Å²) < 4.78 is 97.4. The van der Waals surface area contributed by atoms with Crippen molar-refractivity contribution in [2.75, 3.05) is 12.4 Å². The van der Waals surface area contributed by atoms with E-state index in [1.54, 1.807) is 0 Å². The van der Waals surface area contributed by atoms with Crippen LogP contribution in [-0.2, 0) is 6.18 Å². The molecule has 0 spiro atoms. The van der Waals surface area contributed by atoms with E-state index in [1.807, 2.05) is 4.98 Å². The summed E-state index contributed by atoms with van der Waals surface area (Å²) in [5.74, 6) is -3.37. The molecule has 0 unspecified atom stereocenters. The Bertz CT molecular complexity index is 1010. The molecule has 0 aliphatic heterocycles. The van der Waals surface area contributed by atoms with Crippen LogP contribution in [0.5, 0.6) is 11.6 Å². The molecule has 6 nitrogen and oxygen atoms in total. The van der Waals surface area contributed by atoms with E-state index >= 15 is 0 Å². The third-order valence-electron chi connectivity index (χ3n) is 3.34. The van der Waals surface area contributed by atoms with E-state index in [1.165, 1.54) is 7.11 Å². The van der Waals surface area contributed by atoms with E-state index in [-0.39, 0.29) is 28.4 Å². The fraction of sp³-hybridized carbons (Fsp3) is 0.200. The minimum Gasteiger partial charge on any atom is -0.479 e. The Hall–Kier alpha value is -3.25. The van der Waals surface area contributed by atoms with Gasteiger partial charge in [-0.15, -0.1) is 13.2 Å². The van der Waals surface area contributed by atoms with Crippen LogP contribution in [0.3, 0.4) is 0 Å². The second kappa shape index (κ2) is 6.73. The largest absolute Gasteiger partial charge is 0.573 e. The van der Waals surface area contributed by atoms with E-state index in [0.29, 0.717) is 6.07 Å². The number of aromatic amines is 1. The van der Waals surface area contributed by atoms with Crippen LogP contribution < -0.4 is 14.8 Å². The van der Waals surface area contributed by atoms with Gasteiger partial charge in [-0.2, -0.15) is 18.2 Å². The first-order valence-electron chi connectivity index (χ1n) is 7.30. The van der Waals surface area contributed by atoms with Crippen molar-refractivity contribution in [3.63, 3.8) is 0 Å². The number of hydrogen-bond acceptors (Lipinski definition) is 5. The maximum atomic E-state index is 14.1. The zero-order chi connectivity index (χ0) is 20.7. The predicted molar refractivity (Wildman–Crippen MR) is 81.8 cm³/mol. The number of H-pyrrole nitrogens is 1. The molecule has 0 fully saturated rings. The van der Waals surface area contributed by atoms with E-state index in [0.717, 1.165) is 18.2 Å². The summed E-state index contributed by atoms with van der Waals surface area (Å²) in [6, 6.07) is 3.44. The number of aromatic nitrogens is 3. The second-order valence-corrected chi connectivity index (χ2v) is 5.31. The number of nitrogens with one attached hydrogen (secondary N) is 2. The van der Waals surface area contributed by atoms with Crippen LogP contribution in [0.15, 0.2) is 24.3 Å². The number of fused-ring (bicyclic) bond motifs is 1. The molecule has 2 N–H and O–H groups in total. The third-order valence-corrected chi connectivity index (χ3v) is 3.34. The SMILES string of the molecule is COc1nc2nc(C(F)(F)F)[nH]c2cc1Nc1ccc(OC(F)(F)F)cc1F. The van der Waals surface area contributed by atoms with E-state index in [9.17, 15) is 30.7 Å². The summed E-state index contributed by atoms with van der Waals surface area (Å²) in [4.78, 5) is 9.13. The molecule has 2 aromatic heterocycles. The summed E-state index contributed by atoms with van der Waals surface area (Å²) in [5.41, 5.74) is -0.738. The molecule has 0 atom stereocenters. The molecule has 0 aliphatic rings. The summed E-state index contributed by atoms with van der Waals surface area (Å²) in [7, 11) is 1.17. The lowest BCUT2D eigenvalue weighted by Crippen LogP contribution is -2.17. The first-order chi connectivity index (χ1) is 13.0. The fourth-order valence-corrected chi connectivity index (χ4v) is 2.24. The minimum absolute atomic E-state index is 0.0456. The Kier molecular flexibility index (Phi) is 4.69. The van der Waals surface area contributed by atoms with Crippen molar-refractivity contribution in [2.45, 2.75) is 12.5 Å². The molecule has 3 aromatic rings. The Morgan fingerprint density at radius 3 is 2.29 bits per heavy atom. The average molecular weight is 410 g/mol. The lowest BCUT2D eigenvalue weighted by atomic mass is 10.2. The van der Waals surface area contributed by atoms with E-state index in [2.05, 4.69) is 20.0 Å². The number of imidazole rings is 1. The number of ether oxygens (including phenoxy) is 2. The standard InChI is InChI=1S/C15H9F7N4O2/c1-27-12-10(5-9-11(25-12)26-13(24-9)14(17,18)19)23-8-3-2-6(4-7(8)16)28-15(20,21)22/h2-5,23H,1H3,(H,24,25,26). The number of methoxy groups -OCH3 is 1. The van der Waals surface area contributed by atoms with E-state index in [4.69, 9.17) is 4.74 Å². The zero-order valence-electron chi connectivity index (χ0n) is 13.7. The molecule has 0 saturated carbocycles. The summed E-state index contributed by atoms with van der Waals surface area (Å²) >= 11 is 0. The second-order valence-electron chi connectivity index (χ2n) is 5.31. The lowest BCUT2D eigenvalue weighted by Gasteiger charge is -2.13. The fourth-order valence-electron chi connectivity index (χ4n) is 2.24. The summed E-state index contributed by atoms with van der Waals surface area (Å²) in [5, 5.41) is 2.49. The van der Waals surface area contributed by atoms with Crippen molar-refractivity contribution in [3.8, 4) is 11.6 Å². The number of pyridine rings is 1. The molecule has 3 rings (SSSR count). The normalized spacial score (nSPS) is 12.3. The first-order valence-corrected chi connectivity index (χ1v) is 7.30. The van der Waals surface area contributed by atoms with Gasteiger partial charge < -0.3 is 19.8 Å². The summed E-state index contributed by atoms with van der Waals surface area (Å²) in [6.45, 7) is 0. The molecular weight excluding hydrogens is 401 g/mol. The number of rotatable bonds is 4. The van der Waals surface area contributed by atoms with Crippen molar-refractivity contribution < 1.29 is 40.2 Å². The number of hydrogen-bond donors (Lipinski definition) is 2. The molecule has 0 saturated heterocycles. The van der Waals surface area contributed by atoms with Crippen molar-refractivity contribution in [1.29, 1.82) is 0 Å². The highest BCUT2D eigenvalue weighted by atomic mass is 19.4. The molecule has 150 valence electrons. The Balaban J connectivity index is 1.95. The van der Waals surface area contributed by atoms with Crippen molar-refractivity contribution in [1.82, 2.24) is 15.0 Å². The predicted octanol–water partition coefficient (Wildman–Crippen LogP) is 4.77. The molecule has 0 amide bonds. The molecule has 2 heterocycles. The van der Waals surface area contributed by atoms with Gasteiger partial charge >= 0.3 is 12.5 Å². The highest BCUT2D eigenvalue weighted by Crippen LogP contribution is 2.34. The van der Waals surface area contributed by atoms with Crippen molar-refractivity contribution >= 4 is 22.5 Å². The van der Waals surface area contributed by atoms with E-state index < -0.39 is 29.9 Å². The van der Waals surface area contributed by atoms with Gasteiger partial charge in [0.25, 0.3) is 0 Å². The highest BCUT2D eigenvalue weighted by molar-refractivity contribution is 5.80. The van der Waals surface area contributed by atoms with Crippen LogP contribution in [0.25, 0.3) is 11.2 Å². The number of anilines is 2. The Labute approximate surface area is 151 Å². The number of benzene rings is 1. The molecular formula is C15H9F7N4O2. The zero-order valence-corrected chi connectivity index (χ0v) is 13.7. The molecule has 0 bridgehead atoms. The Morgan fingerprint density at radius 1 is 1.00 bits per heavy atom. The van der Waals surface area contributed by atoms with Crippen LogP contribution in [0.4, 0.5) is 42.1 Å². The monoisotopic (exact) mass is 410 g/mol. The maximum Gasteiger partial charge on any atom is 0.573 e. The van der Waals surface area contributed by atoms with Gasteiger partial charge in [-0.3, -0.25) is 0 Å². The van der Waals surface area contributed by atoms with Crippen molar-refractivity contribution in [2.24, 2.45) is 0 Å². The van der Waals surface area contributed by atoms with Crippen molar-refractivity contribution in [3.05, 3.63) is 35.9 Å². The number of alkyl halides is 6. The number of halogens is 7. The third kappa shape index (κ3) is 4.18. The maximum absolute atomic E-state index is 14.1. The van der Waals surface area contributed by atoms with Crippen LogP contribution in [-0.4, -0.2) is 28.4 Å². The summed E-state index contributed by atoms with van der Waals surface area (Å²) in [6.07, 6.45) is -9.72. The minimum atomic E-state index is -4.99. The van der Waals surface area contributed by atoms with Gasteiger partial charge in [0.1, 0.15) is 17.3 Å². The average Bonchev–Trinajstić information content (AvgIpc) is 2.98. The van der Waals surface area contributed by atoms with Gasteiger partial charge in [0.15, 0.2) is 5.65 Å². The molecule has 1 aromatic carbocycles. The highest BCUT2D eigenvalue weighted by Gasteiger charge is 2.35. The van der Waals surface area contributed by atoms with Gasteiger partial charge in [-0.05, 0) is 18.2 Å². The molecule has 0 radical (unpaired) electrons. The van der Waals surface area contributed by atoms with Crippen LogP contribution in [0.1, 0.15) is 5.82 Å². The molecule has 0 aliphatic carbocycles. The van der Waals surface area contributed by atoms with Gasteiger partial charge in [-0.25, -0.2) is 9.37 Å². The smallest absolute Gasteiger partial charge is 0.479 e. The molecule has 28 heavy (non-hydrogen) atoms. The van der Waals surface area contributed by atoms with Gasteiger partial charge in [0.05, 0.1) is 18.3 Å². The van der Waals surface area contributed by atoms with Gasteiger partial charge in [0, 0.05) is 6.07 Å². The van der Waals surface area contributed by atoms with Crippen LogP contribution in [0.2, 0.25) is 0 Å². The van der Waals surface area contributed by atoms with Crippen LogP contribution >= 0.6 is 0 Å². The van der Waals surface area contributed by atoms with Gasteiger partial charge in [-0.1, -0.05) is 0 Å².